The predicted molar refractivity (Wildman–Crippen MR) is 72.9 cm³/mol. The smallest absolute Gasteiger partial charge is 0.133 e. The van der Waals surface area contributed by atoms with Crippen molar-refractivity contribution in [1.82, 2.24) is 0 Å². The molecule has 1 aliphatic rings. The van der Waals surface area contributed by atoms with Crippen molar-refractivity contribution >= 4 is 21.7 Å². The molecule has 0 aromatic heterocycles. The van der Waals surface area contributed by atoms with Crippen LogP contribution in [0, 0.1) is 0 Å². The second kappa shape index (κ2) is 6.90. The van der Waals surface area contributed by atoms with Crippen LogP contribution in [0.5, 0.6) is 5.75 Å². The largest absolute Gasteiger partial charge is 0.491 e. The van der Waals surface area contributed by atoms with Crippen molar-refractivity contribution < 1.29 is 14.3 Å². The lowest BCUT2D eigenvalue weighted by atomic mass is 9.97. The second-order valence-electron chi connectivity index (χ2n) is 4.41. The van der Waals surface area contributed by atoms with Gasteiger partial charge in [0.15, 0.2) is 0 Å². The van der Waals surface area contributed by atoms with Crippen LogP contribution >= 0.6 is 15.9 Å². The number of carbonyl (C=O) groups is 1. The number of carbonyl (C=O) groups excluding carboxylic acids is 1. The molecular formula is C14H17BrO3. The predicted octanol–water partition coefficient (Wildman–Crippen LogP) is 3.36. The van der Waals surface area contributed by atoms with Gasteiger partial charge in [-0.1, -0.05) is 22.0 Å². The zero-order chi connectivity index (χ0) is 12.8. The Labute approximate surface area is 116 Å². The Morgan fingerprint density at radius 1 is 1.22 bits per heavy atom. The van der Waals surface area contributed by atoms with Gasteiger partial charge in [-0.3, -0.25) is 4.79 Å². The van der Waals surface area contributed by atoms with E-state index >= 15 is 0 Å². The minimum atomic E-state index is 0.230. The molecule has 1 aromatic carbocycles. The summed E-state index contributed by atoms with van der Waals surface area (Å²) in [6, 6.07) is 7.75. The fraction of sp³-hybridized carbons (Fsp3) is 0.500. The van der Waals surface area contributed by atoms with E-state index in [9.17, 15) is 4.79 Å². The topological polar surface area (TPSA) is 35.5 Å². The Balaban J connectivity index is 1.63. The molecule has 0 N–H and O–H groups in total. The Kier molecular flexibility index (Phi) is 5.20. The summed E-state index contributed by atoms with van der Waals surface area (Å²) >= 11 is 3.40. The molecule has 4 heteroatoms. The van der Waals surface area contributed by atoms with Crippen LogP contribution in [0.4, 0.5) is 0 Å². The maximum atomic E-state index is 11.1. The van der Waals surface area contributed by atoms with Crippen molar-refractivity contribution in [2.24, 2.45) is 0 Å². The number of hydrogen-bond acceptors (Lipinski definition) is 3. The highest BCUT2D eigenvalue weighted by atomic mass is 79.9. The van der Waals surface area contributed by atoms with Crippen LogP contribution in [0.15, 0.2) is 28.7 Å². The van der Waals surface area contributed by atoms with Gasteiger partial charge >= 0.3 is 0 Å². The van der Waals surface area contributed by atoms with Crippen LogP contribution in [-0.2, 0) is 9.53 Å². The molecule has 1 saturated carbocycles. The molecule has 0 heterocycles. The molecule has 1 fully saturated rings. The molecule has 0 spiro atoms. The van der Waals surface area contributed by atoms with Crippen molar-refractivity contribution in [2.45, 2.75) is 31.8 Å². The van der Waals surface area contributed by atoms with Gasteiger partial charge in [-0.05, 0) is 31.0 Å². The van der Waals surface area contributed by atoms with Gasteiger partial charge in [0.1, 0.15) is 18.1 Å². The molecule has 0 saturated heterocycles. The molecule has 0 radical (unpaired) electrons. The number of Topliss-reactive ketones (excluding diaryl/α,β-unsaturated/α-hetero) is 1. The molecule has 3 nitrogen and oxygen atoms in total. The van der Waals surface area contributed by atoms with E-state index in [0.717, 1.165) is 23.1 Å². The Hall–Kier alpha value is -0.870. The number of halogens is 1. The van der Waals surface area contributed by atoms with Gasteiger partial charge in [-0.25, -0.2) is 0 Å². The summed E-state index contributed by atoms with van der Waals surface area (Å²) in [5.41, 5.74) is 0. The van der Waals surface area contributed by atoms with Crippen molar-refractivity contribution in [3.05, 3.63) is 28.7 Å². The lowest BCUT2D eigenvalue weighted by Crippen LogP contribution is -2.23. The normalized spacial score (nSPS) is 16.8. The first kappa shape index (κ1) is 13.6. The first-order chi connectivity index (χ1) is 8.74. The SMILES string of the molecule is O=C1CCC(OCCOc2cccc(Br)c2)CC1. The lowest BCUT2D eigenvalue weighted by Gasteiger charge is -2.21. The molecular weight excluding hydrogens is 296 g/mol. The van der Waals surface area contributed by atoms with E-state index < -0.39 is 0 Å². The minimum absolute atomic E-state index is 0.230. The molecule has 1 aliphatic carbocycles. The average Bonchev–Trinajstić information content (AvgIpc) is 2.37. The van der Waals surface area contributed by atoms with Crippen molar-refractivity contribution in [3.63, 3.8) is 0 Å². The Morgan fingerprint density at radius 3 is 2.72 bits per heavy atom. The van der Waals surface area contributed by atoms with E-state index in [2.05, 4.69) is 15.9 Å². The number of rotatable bonds is 5. The molecule has 0 atom stereocenters. The standard InChI is InChI=1S/C14H17BrO3/c15-11-2-1-3-14(10-11)18-9-8-17-13-6-4-12(16)5-7-13/h1-3,10,13H,4-9H2. The summed E-state index contributed by atoms with van der Waals surface area (Å²) in [5, 5.41) is 0. The van der Waals surface area contributed by atoms with Crippen LogP contribution in [0.1, 0.15) is 25.7 Å². The van der Waals surface area contributed by atoms with E-state index in [0.29, 0.717) is 31.8 Å². The van der Waals surface area contributed by atoms with Crippen molar-refractivity contribution in [1.29, 1.82) is 0 Å². The third-order valence-corrected chi connectivity index (χ3v) is 3.49. The highest BCUT2D eigenvalue weighted by molar-refractivity contribution is 9.10. The number of ketones is 1. The van der Waals surface area contributed by atoms with Gasteiger partial charge in [0.2, 0.25) is 0 Å². The zero-order valence-corrected chi connectivity index (χ0v) is 11.8. The fourth-order valence-corrected chi connectivity index (χ4v) is 2.39. The van der Waals surface area contributed by atoms with Crippen LogP contribution in [0.2, 0.25) is 0 Å². The van der Waals surface area contributed by atoms with Gasteiger partial charge in [0.05, 0.1) is 12.7 Å². The molecule has 0 unspecified atom stereocenters. The summed E-state index contributed by atoms with van der Waals surface area (Å²) in [6.45, 7) is 1.12. The van der Waals surface area contributed by atoms with E-state index in [1.165, 1.54) is 0 Å². The van der Waals surface area contributed by atoms with Crippen LogP contribution in [0.3, 0.4) is 0 Å². The molecule has 1 aromatic rings. The minimum Gasteiger partial charge on any atom is -0.491 e. The van der Waals surface area contributed by atoms with Crippen LogP contribution in [-0.4, -0.2) is 25.1 Å². The number of ether oxygens (including phenoxy) is 2. The number of benzene rings is 1. The Morgan fingerprint density at radius 2 is 2.00 bits per heavy atom. The summed E-state index contributed by atoms with van der Waals surface area (Å²) in [7, 11) is 0. The third kappa shape index (κ3) is 4.42. The van der Waals surface area contributed by atoms with Gasteiger partial charge in [0, 0.05) is 17.3 Å². The van der Waals surface area contributed by atoms with E-state index in [1.54, 1.807) is 0 Å². The average molecular weight is 313 g/mol. The fourth-order valence-electron chi connectivity index (χ4n) is 2.01. The second-order valence-corrected chi connectivity index (χ2v) is 5.33. The van der Waals surface area contributed by atoms with Crippen molar-refractivity contribution in [3.8, 4) is 5.75 Å². The maximum Gasteiger partial charge on any atom is 0.133 e. The summed E-state index contributed by atoms with van der Waals surface area (Å²) < 4.78 is 12.3. The third-order valence-electron chi connectivity index (χ3n) is 2.99. The lowest BCUT2D eigenvalue weighted by molar-refractivity contribution is -0.123. The number of hydrogen-bond donors (Lipinski definition) is 0. The molecule has 0 amide bonds. The first-order valence-electron chi connectivity index (χ1n) is 6.26. The quantitative estimate of drug-likeness (QED) is 0.782. The molecule has 98 valence electrons. The monoisotopic (exact) mass is 312 g/mol. The maximum absolute atomic E-state index is 11.1. The first-order valence-corrected chi connectivity index (χ1v) is 7.05. The zero-order valence-electron chi connectivity index (χ0n) is 10.2. The summed E-state index contributed by atoms with van der Waals surface area (Å²) in [5.74, 6) is 1.20. The van der Waals surface area contributed by atoms with Gasteiger partial charge in [-0.15, -0.1) is 0 Å². The van der Waals surface area contributed by atoms with Gasteiger partial charge in [0.25, 0.3) is 0 Å². The van der Waals surface area contributed by atoms with E-state index in [1.807, 2.05) is 24.3 Å². The van der Waals surface area contributed by atoms with Crippen molar-refractivity contribution in [2.75, 3.05) is 13.2 Å². The highest BCUT2D eigenvalue weighted by Crippen LogP contribution is 2.19. The summed E-state index contributed by atoms with van der Waals surface area (Å²) in [4.78, 5) is 11.1. The van der Waals surface area contributed by atoms with E-state index in [4.69, 9.17) is 9.47 Å². The van der Waals surface area contributed by atoms with E-state index in [-0.39, 0.29) is 6.10 Å². The molecule has 18 heavy (non-hydrogen) atoms. The van der Waals surface area contributed by atoms with Crippen LogP contribution in [0.25, 0.3) is 0 Å². The Bertz CT molecular complexity index is 396. The molecule has 2 rings (SSSR count). The molecule has 0 aliphatic heterocycles. The van der Waals surface area contributed by atoms with Gasteiger partial charge in [-0.2, -0.15) is 0 Å². The van der Waals surface area contributed by atoms with Gasteiger partial charge < -0.3 is 9.47 Å². The van der Waals surface area contributed by atoms with Crippen LogP contribution < -0.4 is 4.74 Å². The highest BCUT2D eigenvalue weighted by Gasteiger charge is 2.18. The molecule has 0 bridgehead atoms. The summed E-state index contributed by atoms with van der Waals surface area (Å²) in [6.07, 6.45) is 3.27.